The highest BCUT2D eigenvalue weighted by atomic mass is 35.5. The summed E-state index contributed by atoms with van der Waals surface area (Å²) in [7, 11) is 0. The lowest BCUT2D eigenvalue weighted by Gasteiger charge is -2.05. The van der Waals surface area contributed by atoms with E-state index < -0.39 is 0 Å². The van der Waals surface area contributed by atoms with Crippen LogP contribution in [0.3, 0.4) is 0 Å². The predicted octanol–water partition coefficient (Wildman–Crippen LogP) is 3.92. The first kappa shape index (κ1) is 16.4. The third kappa shape index (κ3) is 4.53. The predicted molar refractivity (Wildman–Crippen MR) is 96.1 cm³/mol. The summed E-state index contributed by atoms with van der Waals surface area (Å²) in [5.41, 5.74) is 2.36. The molecule has 1 aromatic carbocycles. The van der Waals surface area contributed by atoms with Gasteiger partial charge in [-0.2, -0.15) is 0 Å². The van der Waals surface area contributed by atoms with Crippen molar-refractivity contribution in [2.24, 2.45) is 0 Å². The summed E-state index contributed by atoms with van der Waals surface area (Å²) in [5.74, 6) is 0.143. The van der Waals surface area contributed by atoms with Gasteiger partial charge < -0.3 is 5.32 Å². The number of amides is 1. The smallest absolute Gasteiger partial charge is 0.234 e. The van der Waals surface area contributed by atoms with Gasteiger partial charge in [0.2, 0.25) is 5.91 Å². The molecule has 1 amide bonds. The fourth-order valence-corrected chi connectivity index (χ4v) is 2.67. The molecular weight excluding hydrogens is 344 g/mol. The zero-order chi connectivity index (χ0) is 16.8. The van der Waals surface area contributed by atoms with Gasteiger partial charge in [0.15, 0.2) is 0 Å². The zero-order valence-electron chi connectivity index (χ0n) is 12.5. The van der Waals surface area contributed by atoms with E-state index in [-0.39, 0.29) is 11.7 Å². The first-order chi connectivity index (χ1) is 11.7. The molecule has 2 aromatic heterocycles. The van der Waals surface area contributed by atoms with E-state index in [2.05, 4.69) is 20.5 Å². The molecule has 0 atom stereocenters. The second kappa shape index (κ2) is 7.90. The van der Waals surface area contributed by atoms with E-state index >= 15 is 0 Å². The molecule has 0 fully saturated rings. The molecule has 0 saturated carbocycles. The Kier molecular flexibility index (Phi) is 5.40. The highest BCUT2D eigenvalue weighted by molar-refractivity contribution is 7.99. The summed E-state index contributed by atoms with van der Waals surface area (Å²) in [6.07, 6.45) is 3.44. The van der Waals surface area contributed by atoms with Crippen molar-refractivity contribution in [1.82, 2.24) is 15.2 Å². The maximum atomic E-state index is 11.9. The van der Waals surface area contributed by atoms with E-state index in [1.807, 2.05) is 24.3 Å². The van der Waals surface area contributed by atoms with Crippen LogP contribution in [0.2, 0.25) is 5.02 Å². The molecular formula is C17H13ClN4OS. The Hall–Kier alpha value is -2.44. The standard InChI is InChI=1S/C17H13ClN4OS/c18-13-3-5-14(6-4-13)20-16(23)11-24-17-8-7-15(21-22-17)12-2-1-9-19-10-12/h1-10H,11H2,(H,20,23). The van der Waals surface area contributed by atoms with Crippen LogP contribution in [-0.2, 0) is 4.79 Å². The van der Waals surface area contributed by atoms with Gasteiger partial charge in [-0.3, -0.25) is 9.78 Å². The molecule has 7 heteroatoms. The van der Waals surface area contributed by atoms with Crippen molar-refractivity contribution in [3.8, 4) is 11.3 Å². The van der Waals surface area contributed by atoms with Gasteiger partial charge in [-0.05, 0) is 48.5 Å². The molecule has 24 heavy (non-hydrogen) atoms. The van der Waals surface area contributed by atoms with Gasteiger partial charge in [-0.15, -0.1) is 10.2 Å². The molecule has 0 aliphatic rings. The van der Waals surface area contributed by atoms with Crippen molar-refractivity contribution in [1.29, 1.82) is 0 Å². The number of carbonyl (C=O) groups excluding carboxylic acids is 1. The Balaban J connectivity index is 1.54. The number of anilines is 1. The topological polar surface area (TPSA) is 67.8 Å². The molecule has 2 heterocycles. The molecule has 0 radical (unpaired) electrons. The molecule has 5 nitrogen and oxygen atoms in total. The Morgan fingerprint density at radius 3 is 2.58 bits per heavy atom. The maximum Gasteiger partial charge on any atom is 0.234 e. The van der Waals surface area contributed by atoms with Gasteiger partial charge in [0.1, 0.15) is 5.03 Å². The fourth-order valence-electron chi connectivity index (χ4n) is 1.94. The number of pyridine rings is 1. The van der Waals surface area contributed by atoms with Crippen LogP contribution in [-0.4, -0.2) is 26.8 Å². The van der Waals surface area contributed by atoms with Gasteiger partial charge in [-0.1, -0.05) is 23.4 Å². The minimum Gasteiger partial charge on any atom is -0.325 e. The normalized spacial score (nSPS) is 10.4. The van der Waals surface area contributed by atoms with Gasteiger partial charge >= 0.3 is 0 Å². The number of nitrogens with one attached hydrogen (secondary N) is 1. The number of halogens is 1. The van der Waals surface area contributed by atoms with Crippen molar-refractivity contribution in [3.05, 3.63) is 65.9 Å². The second-order valence-electron chi connectivity index (χ2n) is 4.84. The van der Waals surface area contributed by atoms with Crippen LogP contribution in [0, 0.1) is 0 Å². The van der Waals surface area contributed by atoms with E-state index in [4.69, 9.17) is 11.6 Å². The third-order valence-electron chi connectivity index (χ3n) is 3.08. The minimum atomic E-state index is -0.111. The SMILES string of the molecule is O=C(CSc1ccc(-c2cccnc2)nn1)Nc1ccc(Cl)cc1. The monoisotopic (exact) mass is 356 g/mol. The van der Waals surface area contributed by atoms with Crippen molar-refractivity contribution in [2.75, 3.05) is 11.1 Å². The van der Waals surface area contributed by atoms with Gasteiger partial charge in [0, 0.05) is 28.7 Å². The molecule has 0 aliphatic heterocycles. The molecule has 0 bridgehead atoms. The summed E-state index contributed by atoms with van der Waals surface area (Å²) in [6.45, 7) is 0. The van der Waals surface area contributed by atoms with Gasteiger partial charge in [0.25, 0.3) is 0 Å². The van der Waals surface area contributed by atoms with E-state index in [1.54, 1.807) is 36.7 Å². The number of carbonyl (C=O) groups is 1. The molecule has 0 spiro atoms. The Bertz CT molecular complexity index is 810. The summed E-state index contributed by atoms with van der Waals surface area (Å²) >= 11 is 7.14. The molecule has 0 saturated heterocycles. The van der Waals surface area contributed by atoms with E-state index in [0.29, 0.717) is 15.7 Å². The number of rotatable bonds is 5. The van der Waals surface area contributed by atoms with E-state index in [0.717, 1.165) is 11.3 Å². The molecule has 0 unspecified atom stereocenters. The van der Waals surface area contributed by atoms with Crippen LogP contribution in [0.1, 0.15) is 0 Å². The van der Waals surface area contributed by atoms with Crippen LogP contribution in [0.5, 0.6) is 0 Å². The van der Waals surface area contributed by atoms with E-state index in [9.17, 15) is 4.79 Å². The van der Waals surface area contributed by atoms with Gasteiger partial charge in [-0.25, -0.2) is 0 Å². The molecule has 3 aromatic rings. The van der Waals surface area contributed by atoms with Crippen LogP contribution in [0.4, 0.5) is 5.69 Å². The number of nitrogens with zero attached hydrogens (tertiary/aromatic N) is 3. The first-order valence-electron chi connectivity index (χ1n) is 7.13. The second-order valence-corrected chi connectivity index (χ2v) is 6.27. The Morgan fingerprint density at radius 2 is 1.92 bits per heavy atom. The molecule has 1 N–H and O–H groups in total. The summed E-state index contributed by atoms with van der Waals surface area (Å²) < 4.78 is 0. The first-order valence-corrected chi connectivity index (χ1v) is 8.49. The lowest BCUT2D eigenvalue weighted by Crippen LogP contribution is -2.14. The lowest BCUT2D eigenvalue weighted by molar-refractivity contribution is -0.113. The van der Waals surface area contributed by atoms with Gasteiger partial charge in [0.05, 0.1) is 11.4 Å². The minimum absolute atomic E-state index is 0.111. The van der Waals surface area contributed by atoms with E-state index in [1.165, 1.54) is 11.8 Å². The maximum absolute atomic E-state index is 11.9. The molecule has 3 rings (SSSR count). The van der Waals surface area contributed by atoms with Crippen LogP contribution in [0.25, 0.3) is 11.3 Å². The highest BCUT2D eigenvalue weighted by Crippen LogP contribution is 2.19. The number of hydrogen-bond acceptors (Lipinski definition) is 5. The van der Waals surface area contributed by atoms with Crippen molar-refractivity contribution in [3.63, 3.8) is 0 Å². The van der Waals surface area contributed by atoms with Crippen molar-refractivity contribution < 1.29 is 4.79 Å². The van der Waals surface area contributed by atoms with Crippen LogP contribution < -0.4 is 5.32 Å². The quantitative estimate of drug-likeness (QED) is 0.702. The highest BCUT2D eigenvalue weighted by Gasteiger charge is 2.06. The van der Waals surface area contributed by atoms with Crippen LogP contribution >= 0.6 is 23.4 Å². The van der Waals surface area contributed by atoms with Crippen molar-refractivity contribution in [2.45, 2.75) is 5.03 Å². The third-order valence-corrected chi connectivity index (χ3v) is 4.25. The largest absolute Gasteiger partial charge is 0.325 e. The van der Waals surface area contributed by atoms with Crippen LogP contribution in [0.15, 0.2) is 66.0 Å². The number of benzene rings is 1. The lowest BCUT2D eigenvalue weighted by atomic mass is 10.2. The van der Waals surface area contributed by atoms with Crippen molar-refractivity contribution >= 4 is 35.0 Å². The molecule has 120 valence electrons. The zero-order valence-corrected chi connectivity index (χ0v) is 14.1. The number of thioether (sulfide) groups is 1. The fraction of sp³-hybridized carbons (Fsp3) is 0.0588. The summed E-state index contributed by atoms with van der Waals surface area (Å²) in [6, 6.07) is 14.4. The molecule has 0 aliphatic carbocycles. The summed E-state index contributed by atoms with van der Waals surface area (Å²) in [4.78, 5) is 16.0. The average molecular weight is 357 g/mol. The number of aromatic nitrogens is 3. The average Bonchev–Trinajstić information content (AvgIpc) is 2.63. The Morgan fingerprint density at radius 1 is 1.08 bits per heavy atom. The Labute approximate surface area is 148 Å². The number of hydrogen-bond donors (Lipinski definition) is 1. The summed E-state index contributed by atoms with van der Waals surface area (Å²) in [5, 5.41) is 12.4.